The fraction of sp³-hybridized carbons (Fsp3) is 0.118. The number of aliphatic hydroxyl groups is 1. The first-order valence-corrected chi connectivity index (χ1v) is 6.69. The van der Waals surface area contributed by atoms with Crippen molar-refractivity contribution in [3.8, 4) is 17.1 Å². The normalized spacial score (nSPS) is 10.5. The summed E-state index contributed by atoms with van der Waals surface area (Å²) in [6.07, 6.45) is 0. The van der Waals surface area contributed by atoms with Gasteiger partial charge in [-0.2, -0.15) is 0 Å². The van der Waals surface area contributed by atoms with E-state index in [0.717, 1.165) is 16.9 Å². The second-order valence-corrected chi connectivity index (χ2v) is 4.64. The van der Waals surface area contributed by atoms with E-state index in [1.54, 1.807) is 6.07 Å². The number of ether oxygens (including phenoxy) is 1. The van der Waals surface area contributed by atoms with Crippen LogP contribution >= 0.6 is 0 Å². The van der Waals surface area contributed by atoms with E-state index in [1.807, 2.05) is 54.6 Å². The van der Waals surface area contributed by atoms with Crippen molar-refractivity contribution in [1.82, 2.24) is 5.16 Å². The van der Waals surface area contributed by atoms with Gasteiger partial charge in [0.1, 0.15) is 18.1 Å². The smallest absolute Gasteiger partial charge is 0.167 e. The Morgan fingerprint density at radius 3 is 2.43 bits per heavy atom. The van der Waals surface area contributed by atoms with Gasteiger partial charge < -0.3 is 14.4 Å². The van der Waals surface area contributed by atoms with E-state index in [-0.39, 0.29) is 6.61 Å². The molecular weight excluding hydrogens is 266 g/mol. The summed E-state index contributed by atoms with van der Waals surface area (Å²) >= 11 is 0. The maximum absolute atomic E-state index is 8.98. The first-order valence-electron chi connectivity index (χ1n) is 6.69. The molecule has 0 unspecified atom stereocenters. The lowest BCUT2D eigenvalue weighted by Gasteiger charge is -2.06. The van der Waals surface area contributed by atoms with Crippen molar-refractivity contribution in [2.24, 2.45) is 0 Å². The van der Waals surface area contributed by atoms with Crippen molar-refractivity contribution in [2.45, 2.75) is 13.2 Å². The second kappa shape index (κ2) is 6.24. The molecule has 1 N–H and O–H groups in total. The molecule has 0 aliphatic carbocycles. The van der Waals surface area contributed by atoms with Crippen LogP contribution in [0.2, 0.25) is 0 Å². The van der Waals surface area contributed by atoms with Gasteiger partial charge in [-0.3, -0.25) is 0 Å². The summed E-state index contributed by atoms with van der Waals surface area (Å²) in [4.78, 5) is 0. The van der Waals surface area contributed by atoms with Gasteiger partial charge in [0.05, 0.1) is 6.61 Å². The Hall–Kier alpha value is -2.59. The molecule has 0 aliphatic heterocycles. The fourth-order valence-corrected chi connectivity index (χ4v) is 1.98. The van der Waals surface area contributed by atoms with Gasteiger partial charge in [-0.25, -0.2) is 0 Å². The number of aliphatic hydroxyl groups excluding tert-OH is 1. The predicted molar refractivity (Wildman–Crippen MR) is 78.6 cm³/mol. The van der Waals surface area contributed by atoms with Crippen molar-refractivity contribution < 1.29 is 14.4 Å². The zero-order chi connectivity index (χ0) is 14.5. The van der Waals surface area contributed by atoms with Crippen LogP contribution in [0.5, 0.6) is 5.75 Å². The third kappa shape index (κ3) is 3.30. The monoisotopic (exact) mass is 281 g/mol. The topological polar surface area (TPSA) is 55.5 Å². The molecular formula is C17H15NO3. The van der Waals surface area contributed by atoms with Crippen LogP contribution in [-0.4, -0.2) is 10.3 Å². The van der Waals surface area contributed by atoms with Gasteiger partial charge in [-0.1, -0.05) is 35.5 Å². The zero-order valence-corrected chi connectivity index (χ0v) is 11.4. The Kier molecular flexibility index (Phi) is 3.98. The summed E-state index contributed by atoms with van der Waals surface area (Å²) in [6, 6.07) is 19.3. The summed E-state index contributed by atoms with van der Waals surface area (Å²) in [5.41, 5.74) is 2.55. The quantitative estimate of drug-likeness (QED) is 0.778. The van der Waals surface area contributed by atoms with Gasteiger partial charge in [0.2, 0.25) is 0 Å². The van der Waals surface area contributed by atoms with Crippen LogP contribution in [0.3, 0.4) is 0 Å². The Bertz CT molecular complexity index is 690. The lowest BCUT2D eigenvalue weighted by molar-refractivity contribution is 0.267. The molecule has 0 spiro atoms. The highest BCUT2D eigenvalue weighted by atomic mass is 16.5. The number of hydrogen-bond donors (Lipinski definition) is 1. The second-order valence-electron chi connectivity index (χ2n) is 4.64. The maximum atomic E-state index is 8.98. The molecule has 4 nitrogen and oxygen atoms in total. The van der Waals surface area contributed by atoms with E-state index in [9.17, 15) is 0 Å². The minimum atomic E-state index is -0.123. The molecule has 1 heterocycles. The van der Waals surface area contributed by atoms with Gasteiger partial charge in [0.25, 0.3) is 0 Å². The molecule has 0 atom stereocenters. The van der Waals surface area contributed by atoms with Gasteiger partial charge in [-0.05, 0) is 29.8 Å². The molecule has 106 valence electrons. The van der Waals surface area contributed by atoms with Crippen molar-refractivity contribution in [1.29, 1.82) is 0 Å². The van der Waals surface area contributed by atoms with E-state index < -0.39 is 0 Å². The molecule has 4 heteroatoms. The van der Waals surface area contributed by atoms with E-state index >= 15 is 0 Å². The SMILES string of the molecule is OCc1cc(-c2ccc(OCc3ccccc3)cc2)on1. The van der Waals surface area contributed by atoms with Crippen LogP contribution in [0.4, 0.5) is 0 Å². The van der Waals surface area contributed by atoms with E-state index in [1.165, 1.54) is 0 Å². The van der Waals surface area contributed by atoms with E-state index in [4.69, 9.17) is 14.4 Å². The number of rotatable bonds is 5. The average Bonchev–Trinajstić information content (AvgIpc) is 3.03. The lowest BCUT2D eigenvalue weighted by Crippen LogP contribution is -1.94. The zero-order valence-electron chi connectivity index (χ0n) is 11.4. The number of benzene rings is 2. The number of hydrogen-bond acceptors (Lipinski definition) is 4. The Balaban J connectivity index is 1.66. The van der Waals surface area contributed by atoms with Crippen LogP contribution < -0.4 is 4.74 Å². The highest BCUT2D eigenvalue weighted by molar-refractivity contribution is 5.58. The van der Waals surface area contributed by atoms with Crippen LogP contribution in [-0.2, 0) is 13.2 Å². The summed E-state index contributed by atoms with van der Waals surface area (Å²) in [5, 5.41) is 12.7. The van der Waals surface area contributed by atoms with Gasteiger partial charge >= 0.3 is 0 Å². The molecule has 0 saturated heterocycles. The Labute approximate surface area is 122 Å². The molecule has 3 rings (SSSR count). The molecule has 3 aromatic rings. The Morgan fingerprint density at radius 2 is 1.76 bits per heavy atom. The van der Waals surface area contributed by atoms with Crippen LogP contribution in [0.15, 0.2) is 65.2 Å². The standard InChI is InChI=1S/C17H15NO3/c19-11-15-10-17(21-18-15)14-6-8-16(9-7-14)20-12-13-4-2-1-3-5-13/h1-10,19H,11-12H2. The maximum Gasteiger partial charge on any atom is 0.167 e. The largest absolute Gasteiger partial charge is 0.489 e. The predicted octanol–water partition coefficient (Wildman–Crippen LogP) is 3.41. The van der Waals surface area contributed by atoms with Crippen molar-refractivity contribution in [2.75, 3.05) is 0 Å². The van der Waals surface area contributed by atoms with Crippen LogP contribution in [0.1, 0.15) is 11.3 Å². The molecule has 0 aliphatic rings. The molecule has 0 saturated carbocycles. The first-order chi connectivity index (χ1) is 10.3. The van der Waals surface area contributed by atoms with Crippen molar-refractivity contribution in [3.63, 3.8) is 0 Å². The van der Waals surface area contributed by atoms with Gasteiger partial charge in [-0.15, -0.1) is 0 Å². The van der Waals surface area contributed by atoms with Gasteiger partial charge in [0.15, 0.2) is 5.76 Å². The number of nitrogens with zero attached hydrogens (tertiary/aromatic N) is 1. The summed E-state index contributed by atoms with van der Waals surface area (Å²) in [6.45, 7) is 0.416. The fourth-order valence-electron chi connectivity index (χ4n) is 1.98. The molecule has 1 aromatic heterocycles. The van der Waals surface area contributed by atoms with Crippen molar-refractivity contribution in [3.05, 3.63) is 71.9 Å². The summed E-state index contributed by atoms with van der Waals surface area (Å²) < 4.78 is 10.9. The first kappa shape index (κ1) is 13.4. The minimum absolute atomic E-state index is 0.123. The summed E-state index contributed by atoms with van der Waals surface area (Å²) in [7, 11) is 0. The third-order valence-corrected chi connectivity index (χ3v) is 3.11. The van der Waals surface area contributed by atoms with Crippen LogP contribution in [0, 0.1) is 0 Å². The highest BCUT2D eigenvalue weighted by Crippen LogP contribution is 2.23. The van der Waals surface area contributed by atoms with E-state index in [2.05, 4.69) is 5.16 Å². The Morgan fingerprint density at radius 1 is 1.00 bits per heavy atom. The average molecular weight is 281 g/mol. The molecule has 0 radical (unpaired) electrons. The number of aromatic nitrogens is 1. The molecule has 2 aromatic carbocycles. The molecule has 0 amide bonds. The van der Waals surface area contributed by atoms with E-state index in [0.29, 0.717) is 18.1 Å². The van der Waals surface area contributed by atoms with Crippen LogP contribution in [0.25, 0.3) is 11.3 Å². The highest BCUT2D eigenvalue weighted by Gasteiger charge is 2.06. The summed E-state index contributed by atoms with van der Waals surface area (Å²) in [5.74, 6) is 1.43. The van der Waals surface area contributed by atoms with Crippen molar-refractivity contribution >= 4 is 0 Å². The lowest BCUT2D eigenvalue weighted by atomic mass is 10.1. The molecule has 21 heavy (non-hydrogen) atoms. The molecule has 0 fully saturated rings. The minimum Gasteiger partial charge on any atom is -0.489 e. The molecule has 0 bridgehead atoms. The van der Waals surface area contributed by atoms with Gasteiger partial charge in [0, 0.05) is 11.6 Å². The third-order valence-electron chi connectivity index (χ3n) is 3.11.